The Morgan fingerprint density at radius 3 is 1.59 bits per heavy atom. The Balaban J connectivity index is 1.97. The molecule has 0 saturated carbocycles. The zero-order valence-corrected chi connectivity index (χ0v) is 11.4. The van der Waals surface area contributed by atoms with E-state index < -0.39 is 17.7 Å². The third kappa shape index (κ3) is 3.83. The predicted molar refractivity (Wildman–Crippen MR) is 80.3 cm³/mol. The molecule has 0 aliphatic rings. The second-order valence-corrected chi connectivity index (χ2v) is 4.40. The number of nitrogens with two attached hydrogens (primary N) is 1. The van der Waals surface area contributed by atoms with Gasteiger partial charge < -0.3 is 21.5 Å². The van der Waals surface area contributed by atoms with Crippen molar-refractivity contribution in [2.45, 2.75) is 0 Å². The minimum atomic E-state index is -0.861. The predicted octanol–water partition coefficient (Wildman–Crippen LogP) is 1.07. The molecular formula is C15H13N3O4. The van der Waals surface area contributed by atoms with Gasteiger partial charge in [-0.1, -0.05) is 0 Å². The number of anilines is 2. The molecule has 2 aromatic rings. The first-order valence-electron chi connectivity index (χ1n) is 6.27. The molecule has 2 aromatic carbocycles. The summed E-state index contributed by atoms with van der Waals surface area (Å²) in [5, 5.41) is 13.9. The van der Waals surface area contributed by atoms with Crippen LogP contribution in [0, 0.1) is 0 Å². The molecule has 112 valence electrons. The van der Waals surface area contributed by atoms with Crippen molar-refractivity contribution in [2.75, 3.05) is 10.6 Å². The Hall–Kier alpha value is -3.35. The van der Waals surface area contributed by atoms with Crippen LogP contribution in [0.1, 0.15) is 10.4 Å². The van der Waals surface area contributed by atoms with Gasteiger partial charge in [0.25, 0.3) is 0 Å². The average Bonchev–Trinajstić information content (AvgIpc) is 2.50. The molecule has 0 atom stereocenters. The standard InChI is InChI=1S/C15H13N3O4/c16-13(20)9-1-3-10(4-2-9)17-14(21)15(22)18-11-5-7-12(19)8-6-11/h1-8,19H,(H2,16,20)(H,17,21)(H,18,22). The summed E-state index contributed by atoms with van der Waals surface area (Å²) in [6.45, 7) is 0. The number of amides is 3. The number of aromatic hydroxyl groups is 1. The summed E-state index contributed by atoms with van der Waals surface area (Å²) in [6.07, 6.45) is 0. The van der Waals surface area contributed by atoms with Crippen LogP contribution >= 0.6 is 0 Å². The molecule has 22 heavy (non-hydrogen) atoms. The molecule has 0 fully saturated rings. The van der Waals surface area contributed by atoms with Crippen LogP contribution in [0.3, 0.4) is 0 Å². The highest BCUT2D eigenvalue weighted by atomic mass is 16.3. The lowest BCUT2D eigenvalue weighted by molar-refractivity contribution is -0.132. The molecule has 3 amide bonds. The number of hydrogen-bond donors (Lipinski definition) is 4. The number of rotatable bonds is 3. The Labute approximate surface area is 125 Å². The van der Waals surface area contributed by atoms with Gasteiger partial charge in [0.05, 0.1) is 0 Å². The summed E-state index contributed by atoms with van der Waals surface area (Å²) in [5.74, 6) is -2.25. The first-order valence-corrected chi connectivity index (χ1v) is 6.27. The second-order valence-electron chi connectivity index (χ2n) is 4.40. The number of nitrogens with one attached hydrogen (secondary N) is 2. The maximum Gasteiger partial charge on any atom is 0.314 e. The summed E-state index contributed by atoms with van der Waals surface area (Å²) in [5.41, 5.74) is 6.13. The van der Waals surface area contributed by atoms with E-state index in [0.29, 0.717) is 16.9 Å². The normalized spacial score (nSPS) is 9.82. The number of primary amides is 1. The van der Waals surface area contributed by atoms with E-state index in [1.807, 2.05) is 0 Å². The number of benzene rings is 2. The van der Waals surface area contributed by atoms with E-state index in [0.717, 1.165) is 0 Å². The van der Waals surface area contributed by atoms with Crippen molar-refractivity contribution in [1.29, 1.82) is 0 Å². The summed E-state index contributed by atoms with van der Waals surface area (Å²) in [6, 6.07) is 11.5. The average molecular weight is 299 g/mol. The lowest BCUT2D eigenvalue weighted by atomic mass is 10.2. The molecule has 0 saturated heterocycles. The number of phenols is 1. The fraction of sp³-hybridized carbons (Fsp3) is 0. The Morgan fingerprint density at radius 2 is 1.18 bits per heavy atom. The summed E-state index contributed by atoms with van der Waals surface area (Å²) in [4.78, 5) is 34.4. The van der Waals surface area contributed by atoms with E-state index >= 15 is 0 Å². The van der Waals surface area contributed by atoms with E-state index in [4.69, 9.17) is 10.8 Å². The highest BCUT2D eigenvalue weighted by Gasteiger charge is 2.14. The smallest absolute Gasteiger partial charge is 0.314 e. The maximum absolute atomic E-state index is 11.7. The molecule has 7 heteroatoms. The monoisotopic (exact) mass is 299 g/mol. The molecular weight excluding hydrogens is 286 g/mol. The van der Waals surface area contributed by atoms with Crippen LogP contribution in [0.25, 0.3) is 0 Å². The lowest BCUT2D eigenvalue weighted by Crippen LogP contribution is -2.29. The molecule has 0 bridgehead atoms. The first kappa shape index (κ1) is 15.0. The number of hydrogen-bond acceptors (Lipinski definition) is 4. The van der Waals surface area contributed by atoms with Gasteiger partial charge in [0.1, 0.15) is 5.75 Å². The van der Waals surface area contributed by atoms with Gasteiger partial charge in [0.2, 0.25) is 5.91 Å². The molecule has 5 N–H and O–H groups in total. The Kier molecular flexibility index (Phi) is 4.38. The Bertz CT molecular complexity index is 709. The van der Waals surface area contributed by atoms with Crippen molar-refractivity contribution in [3.63, 3.8) is 0 Å². The number of phenolic OH excluding ortho intramolecular Hbond substituents is 1. The van der Waals surface area contributed by atoms with Crippen molar-refractivity contribution in [3.05, 3.63) is 54.1 Å². The van der Waals surface area contributed by atoms with Gasteiger partial charge in [0, 0.05) is 16.9 Å². The highest BCUT2D eigenvalue weighted by molar-refractivity contribution is 6.43. The molecule has 0 aromatic heterocycles. The van der Waals surface area contributed by atoms with Gasteiger partial charge in [0.15, 0.2) is 0 Å². The van der Waals surface area contributed by atoms with Crippen molar-refractivity contribution in [1.82, 2.24) is 0 Å². The van der Waals surface area contributed by atoms with Crippen LogP contribution in [0.5, 0.6) is 5.75 Å². The summed E-state index contributed by atoms with van der Waals surface area (Å²) >= 11 is 0. The summed E-state index contributed by atoms with van der Waals surface area (Å²) in [7, 11) is 0. The second kappa shape index (κ2) is 6.40. The lowest BCUT2D eigenvalue weighted by Gasteiger charge is -2.07. The molecule has 0 aliphatic carbocycles. The molecule has 0 unspecified atom stereocenters. The van der Waals surface area contributed by atoms with Crippen LogP contribution in [0.2, 0.25) is 0 Å². The minimum absolute atomic E-state index is 0.0528. The van der Waals surface area contributed by atoms with Crippen LogP contribution in [-0.4, -0.2) is 22.8 Å². The fourth-order valence-corrected chi connectivity index (χ4v) is 1.64. The third-order valence-corrected chi connectivity index (χ3v) is 2.76. The number of carbonyl (C=O) groups excluding carboxylic acids is 3. The van der Waals surface area contributed by atoms with Crippen molar-refractivity contribution < 1.29 is 19.5 Å². The van der Waals surface area contributed by atoms with E-state index in [2.05, 4.69) is 10.6 Å². The topological polar surface area (TPSA) is 122 Å². The van der Waals surface area contributed by atoms with Crippen molar-refractivity contribution in [2.24, 2.45) is 5.73 Å². The molecule has 7 nitrogen and oxygen atoms in total. The van der Waals surface area contributed by atoms with E-state index in [-0.39, 0.29) is 5.75 Å². The minimum Gasteiger partial charge on any atom is -0.508 e. The van der Waals surface area contributed by atoms with E-state index in [1.54, 1.807) is 0 Å². The maximum atomic E-state index is 11.7. The summed E-state index contributed by atoms with van der Waals surface area (Å²) < 4.78 is 0. The van der Waals surface area contributed by atoms with Gasteiger partial charge in [-0.05, 0) is 48.5 Å². The third-order valence-electron chi connectivity index (χ3n) is 2.76. The van der Waals surface area contributed by atoms with Gasteiger partial charge in [-0.3, -0.25) is 14.4 Å². The van der Waals surface area contributed by atoms with Crippen LogP contribution in [0.4, 0.5) is 11.4 Å². The van der Waals surface area contributed by atoms with Crippen molar-refractivity contribution >= 4 is 29.1 Å². The number of carbonyl (C=O) groups is 3. The van der Waals surface area contributed by atoms with Crippen LogP contribution in [-0.2, 0) is 9.59 Å². The molecule has 0 aliphatic heterocycles. The zero-order chi connectivity index (χ0) is 16.1. The zero-order valence-electron chi connectivity index (χ0n) is 11.4. The molecule has 0 spiro atoms. The van der Waals surface area contributed by atoms with E-state index in [1.165, 1.54) is 48.5 Å². The van der Waals surface area contributed by atoms with Crippen LogP contribution < -0.4 is 16.4 Å². The van der Waals surface area contributed by atoms with E-state index in [9.17, 15) is 14.4 Å². The molecule has 0 radical (unpaired) electrons. The van der Waals surface area contributed by atoms with Gasteiger partial charge in [-0.25, -0.2) is 0 Å². The van der Waals surface area contributed by atoms with Crippen LogP contribution in [0.15, 0.2) is 48.5 Å². The van der Waals surface area contributed by atoms with Gasteiger partial charge in [-0.2, -0.15) is 0 Å². The quantitative estimate of drug-likeness (QED) is 0.500. The molecule has 0 heterocycles. The van der Waals surface area contributed by atoms with Gasteiger partial charge >= 0.3 is 11.8 Å². The van der Waals surface area contributed by atoms with Crippen molar-refractivity contribution in [3.8, 4) is 5.75 Å². The van der Waals surface area contributed by atoms with Gasteiger partial charge in [-0.15, -0.1) is 0 Å². The fourth-order valence-electron chi connectivity index (χ4n) is 1.64. The highest BCUT2D eigenvalue weighted by Crippen LogP contribution is 2.14. The largest absolute Gasteiger partial charge is 0.508 e. The molecule has 2 rings (SSSR count). The Morgan fingerprint density at radius 1 is 0.773 bits per heavy atom. The SMILES string of the molecule is NC(=O)c1ccc(NC(=O)C(=O)Nc2ccc(O)cc2)cc1. The first-order chi connectivity index (χ1) is 10.5.